The summed E-state index contributed by atoms with van der Waals surface area (Å²) in [6, 6.07) is 1.78. The number of rotatable bonds is 4. The standard InChI is InChI=1S/C12H17N7O/c13-10-16-11(14-7-8-3-1-4-9(8)20)18-12(17-10)19-6-2-5-15-19/h2,5-6,8-9,20H,1,3-4,7H2,(H3,13,14,16,17,18). The molecule has 20 heavy (non-hydrogen) atoms. The second-order valence-corrected chi connectivity index (χ2v) is 4.91. The van der Waals surface area contributed by atoms with Crippen LogP contribution in [0.3, 0.4) is 0 Å². The minimum atomic E-state index is -0.243. The van der Waals surface area contributed by atoms with Crippen LogP contribution < -0.4 is 11.1 Å². The predicted octanol–water partition coefficient (Wildman–Crippen LogP) is 0.212. The Morgan fingerprint density at radius 1 is 1.35 bits per heavy atom. The molecule has 1 aliphatic carbocycles. The lowest BCUT2D eigenvalue weighted by Crippen LogP contribution is -2.23. The smallest absolute Gasteiger partial charge is 0.257 e. The van der Waals surface area contributed by atoms with Crippen LogP contribution in [0.5, 0.6) is 0 Å². The lowest BCUT2D eigenvalue weighted by molar-refractivity contribution is 0.138. The third-order valence-electron chi connectivity index (χ3n) is 3.49. The number of nitrogens with one attached hydrogen (secondary N) is 1. The fourth-order valence-electron chi connectivity index (χ4n) is 2.43. The molecule has 0 aliphatic heterocycles. The van der Waals surface area contributed by atoms with Gasteiger partial charge in [-0.25, -0.2) is 4.68 Å². The molecule has 0 bridgehead atoms. The summed E-state index contributed by atoms with van der Waals surface area (Å²) in [5.74, 6) is 1.15. The second-order valence-electron chi connectivity index (χ2n) is 4.91. The minimum Gasteiger partial charge on any atom is -0.393 e. The van der Waals surface area contributed by atoms with Gasteiger partial charge in [0.25, 0.3) is 5.95 Å². The molecule has 1 saturated carbocycles. The number of nitrogen functional groups attached to an aromatic ring is 1. The summed E-state index contributed by atoms with van der Waals surface area (Å²) in [4.78, 5) is 12.4. The molecule has 2 aromatic rings. The van der Waals surface area contributed by atoms with Gasteiger partial charge in [0.2, 0.25) is 11.9 Å². The Hall–Kier alpha value is -2.22. The average molecular weight is 275 g/mol. The Labute approximate surface area is 116 Å². The molecule has 2 aromatic heterocycles. The van der Waals surface area contributed by atoms with Crippen LogP contribution in [0.15, 0.2) is 18.5 Å². The van der Waals surface area contributed by atoms with Crippen LogP contribution in [0.1, 0.15) is 19.3 Å². The third kappa shape index (κ3) is 2.69. The van der Waals surface area contributed by atoms with Gasteiger partial charge >= 0.3 is 0 Å². The van der Waals surface area contributed by atoms with Crippen LogP contribution in [0.2, 0.25) is 0 Å². The molecule has 8 nitrogen and oxygen atoms in total. The number of hydrogen-bond donors (Lipinski definition) is 3. The first-order chi connectivity index (χ1) is 9.72. The first kappa shape index (κ1) is 12.8. The van der Waals surface area contributed by atoms with E-state index in [1.165, 1.54) is 4.68 Å². The van der Waals surface area contributed by atoms with Gasteiger partial charge in [-0.2, -0.15) is 20.1 Å². The maximum absolute atomic E-state index is 9.79. The molecule has 2 heterocycles. The summed E-state index contributed by atoms with van der Waals surface area (Å²) in [7, 11) is 0. The quantitative estimate of drug-likeness (QED) is 0.730. The molecule has 1 aliphatic rings. The second kappa shape index (κ2) is 5.41. The Morgan fingerprint density at radius 3 is 2.95 bits per heavy atom. The molecule has 0 radical (unpaired) electrons. The molecule has 0 spiro atoms. The van der Waals surface area contributed by atoms with Crippen LogP contribution in [0.4, 0.5) is 11.9 Å². The van der Waals surface area contributed by atoms with Crippen LogP contribution in [0.25, 0.3) is 5.95 Å². The minimum absolute atomic E-state index is 0.139. The fourth-order valence-corrected chi connectivity index (χ4v) is 2.43. The molecular formula is C12H17N7O. The van der Waals surface area contributed by atoms with Crippen molar-refractivity contribution in [3.8, 4) is 5.95 Å². The molecular weight excluding hydrogens is 258 g/mol. The van der Waals surface area contributed by atoms with Gasteiger partial charge in [0.05, 0.1) is 6.10 Å². The zero-order valence-electron chi connectivity index (χ0n) is 11.0. The van der Waals surface area contributed by atoms with Gasteiger partial charge in [-0.05, 0) is 18.9 Å². The van der Waals surface area contributed by atoms with Crippen molar-refractivity contribution >= 4 is 11.9 Å². The van der Waals surface area contributed by atoms with E-state index in [0.29, 0.717) is 18.4 Å². The van der Waals surface area contributed by atoms with Crippen LogP contribution in [-0.2, 0) is 0 Å². The number of aromatic nitrogens is 5. The third-order valence-corrected chi connectivity index (χ3v) is 3.49. The highest BCUT2D eigenvalue weighted by molar-refractivity contribution is 5.34. The highest BCUT2D eigenvalue weighted by Gasteiger charge is 2.25. The summed E-state index contributed by atoms with van der Waals surface area (Å²) in [5.41, 5.74) is 5.68. The highest BCUT2D eigenvalue weighted by Crippen LogP contribution is 2.25. The molecule has 8 heteroatoms. The summed E-state index contributed by atoms with van der Waals surface area (Å²) in [6.07, 6.45) is 6.07. The van der Waals surface area contributed by atoms with E-state index < -0.39 is 0 Å². The van der Waals surface area contributed by atoms with Crippen LogP contribution in [0, 0.1) is 5.92 Å². The van der Waals surface area contributed by atoms with Gasteiger partial charge in [0.15, 0.2) is 0 Å². The number of anilines is 2. The van der Waals surface area contributed by atoms with Gasteiger partial charge in [-0.3, -0.25) is 0 Å². The topological polar surface area (TPSA) is 115 Å². The molecule has 0 amide bonds. The summed E-state index contributed by atoms with van der Waals surface area (Å²) < 4.78 is 1.52. The van der Waals surface area contributed by atoms with E-state index in [1.54, 1.807) is 18.5 Å². The van der Waals surface area contributed by atoms with E-state index >= 15 is 0 Å². The number of aliphatic hydroxyl groups excluding tert-OH is 1. The van der Waals surface area contributed by atoms with Crippen molar-refractivity contribution in [3.05, 3.63) is 18.5 Å². The average Bonchev–Trinajstić information content (AvgIpc) is 3.07. The van der Waals surface area contributed by atoms with Gasteiger partial charge < -0.3 is 16.2 Å². The Bertz CT molecular complexity index is 571. The molecule has 2 atom stereocenters. The van der Waals surface area contributed by atoms with Crippen molar-refractivity contribution in [2.45, 2.75) is 25.4 Å². The van der Waals surface area contributed by atoms with Crippen molar-refractivity contribution in [2.24, 2.45) is 5.92 Å². The molecule has 3 rings (SSSR count). The maximum atomic E-state index is 9.79. The zero-order chi connectivity index (χ0) is 13.9. The molecule has 106 valence electrons. The van der Waals surface area contributed by atoms with Gasteiger partial charge in [0, 0.05) is 24.9 Å². The number of aliphatic hydroxyl groups is 1. The van der Waals surface area contributed by atoms with Crippen LogP contribution in [-0.4, -0.2) is 42.5 Å². The van der Waals surface area contributed by atoms with E-state index in [1.807, 2.05) is 0 Å². The Balaban J connectivity index is 1.73. The van der Waals surface area contributed by atoms with Gasteiger partial charge in [-0.1, -0.05) is 6.42 Å². The lowest BCUT2D eigenvalue weighted by Gasteiger charge is -2.15. The van der Waals surface area contributed by atoms with E-state index in [2.05, 4.69) is 25.4 Å². The fraction of sp³-hybridized carbons (Fsp3) is 0.500. The van der Waals surface area contributed by atoms with E-state index in [0.717, 1.165) is 19.3 Å². The van der Waals surface area contributed by atoms with Crippen molar-refractivity contribution in [1.82, 2.24) is 24.7 Å². The zero-order valence-corrected chi connectivity index (χ0v) is 11.0. The Morgan fingerprint density at radius 2 is 2.25 bits per heavy atom. The monoisotopic (exact) mass is 275 g/mol. The van der Waals surface area contributed by atoms with Gasteiger partial charge in [0.1, 0.15) is 0 Å². The molecule has 2 unspecified atom stereocenters. The number of hydrogen-bond acceptors (Lipinski definition) is 7. The predicted molar refractivity (Wildman–Crippen MR) is 73.2 cm³/mol. The first-order valence-corrected chi connectivity index (χ1v) is 6.66. The summed E-state index contributed by atoms with van der Waals surface area (Å²) in [6.45, 7) is 0.628. The lowest BCUT2D eigenvalue weighted by atomic mass is 10.1. The van der Waals surface area contributed by atoms with Crippen molar-refractivity contribution < 1.29 is 5.11 Å². The summed E-state index contributed by atoms with van der Waals surface area (Å²) >= 11 is 0. The first-order valence-electron chi connectivity index (χ1n) is 6.66. The molecule has 0 saturated heterocycles. The normalized spacial score (nSPS) is 22.1. The van der Waals surface area contributed by atoms with E-state index in [-0.39, 0.29) is 18.0 Å². The molecule has 1 fully saturated rings. The molecule has 0 aromatic carbocycles. The maximum Gasteiger partial charge on any atom is 0.257 e. The van der Waals surface area contributed by atoms with E-state index in [9.17, 15) is 5.11 Å². The van der Waals surface area contributed by atoms with Crippen molar-refractivity contribution in [3.63, 3.8) is 0 Å². The number of nitrogens with two attached hydrogens (primary N) is 1. The number of nitrogens with zero attached hydrogens (tertiary/aromatic N) is 5. The Kier molecular flexibility index (Phi) is 3.46. The summed E-state index contributed by atoms with van der Waals surface area (Å²) in [5, 5.41) is 17.0. The van der Waals surface area contributed by atoms with E-state index in [4.69, 9.17) is 5.73 Å². The molecule has 4 N–H and O–H groups in total. The van der Waals surface area contributed by atoms with Gasteiger partial charge in [-0.15, -0.1) is 0 Å². The largest absolute Gasteiger partial charge is 0.393 e. The van der Waals surface area contributed by atoms with Crippen LogP contribution >= 0.6 is 0 Å². The highest BCUT2D eigenvalue weighted by atomic mass is 16.3. The van der Waals surface area contributed by atoms with Crippen molar-refractivity contribution in [1.29, 1.82) is 0 Å². The van der Waals surface area contributed by atoms with Crippen molar-refractivity contribution in [2.75, 3.05) is 17.6 Å². The SMILES string of the molecule is Nc1nc(NCC2CCCC2O)nc(-n2cccn2)n1.